The number of hydrogen-bond donors (Lipinski definition) is 2. The minimum Gasteiger partial charge on any atom is -0.497 e. The maximum Gasteiger partial charge on any atom is 0.416 e. The monoisotopic (exact) mass is 366 g/mol. The van der Waals surface area contributed by atoms with E-state index in [1.165, 1.54) is 13.2 Å². The van der Waals surface area contributed by atoms with Crippen molar-refractivity contribution in [1.29, 1.82) is 0 Å². The van der Waals surface area contributed by atoms with Gasteiger partial charge in [-0.05, 0) is 42.8 Å². The molecule has 0 heterocycles. The van der Waals surface area contributed by atoms with Crippen LogP contribution >= 0.6 is 0 Å². The van der Waals surface area contributed by atoms with Gasteiger partial charge in [-0.25, -0.2) is 0 Å². The molecule has 2 amide bonds. The molecule has 0 aliphatic carbocycles. The Morgan fingerprint density at radius 1 is 1.04 bits per heavy atom. The van der Waals surface area contributed by atoms with Gasteiger partial charge in [0.05, 0.1) is 18.7 Å². The molecule has 0 bridgehead atoms. The van der Waals surface area contributed by atoms with Crippen molar-refractivity contribution in [1.82, 2.24) is 5.32 Å². The van der Waals surface area contributed by atoms with Crippen molar-refractivity contribution in [3.05, 3.63) is 59.7 Å². The fraction of sp³-hybridized carbons (Fsp3) is 0.222. The van der Waals surface area contributed by atoms with Crippen molar-refractivity contribution in [2.75, 3.05) is 12.4 Å². The van der Waals surface area contributed by atoms with E-state index >= 15 is 0 Å². The Bertz CT molecular complexity index is 789. The lowest BCUT2D eigenvalue weighted by Gasteiger charge is -2.15. The van der Waals surface area contributed by atoms with Gasteiger partial charge in [-0.1, -0.05) is 18.2 Å². The number of hydrogen-bond acceptors (Lipinski definition) is 3. The van der Waals surface area contributed by atoms with Crippen LogP contribution in [0, 0.1) is 0 Å². The predicted octanol–water partition coefficient (Wildman–Crippen LogP) is 3.53. The van der Waals surface area contributed by atoms with Crippen molar-refractivity contribution >= 4 is 17.5 Å². The van der Waals surface area contributed by atoms with Crippen molar-refractivity contribution in [2.24, 2.45) is 0 Å². The summed E-state index contributed by atoms with van der Waals surface area (Å²) in [5.41, 5.74) is -0.287. The lowest BCUT2D eigenvalue weighted by molar-refractivity contribution is -0.137. The van der Waals surface area contributed by atoms with Gasteiger partial charge in [-0.3, -0.25) is 9.59 Å². The van der Waals surface area contributed by atoms with Crippen LogP contribution in [0.4, 0.5) is 18.9 Å². The molecule has 0 spiro atoms. The molecule has 0 aliphatic rings. The first-order valence-corrected chi connectivity index (χ1v) is 7.64. The number of benzene rings is 2. The molecule has 0 unspecified atom stereocenters. The fourth-order valence-electron chi connectivity index (χ4n) is 2.20. The molecule has 0 aromatic heterocycles. The first-order valence-electron chi connectivity index (χ1n) is 7.64. The Balaban J connectivity index is 2.00. The quantitative estimate of drug-likeness (QED) is 0.814. The summed E-state index contributed by atoms with van der Waals surface area (Å²) < 4.78 is 43.1. The number of methoxy groups -OCH3 is 1. The Labute approximate surface area is 148 Å². The Morgan fingerprint density at radius 2 is 1.69 bits per heavy atom. The molecule has 5 nitrogen and oxygen atoms in total. The summed E-state index contributed by atoms with van der Waals surface area (Å²) in [5, 5.41) is 4.64. The number of carbonyl (C=O) groups excluding carboxylic acids is 2. The molecule has 2 aromatic rings. The van der Waals surface area contributed by atoms with E-state index in [1.54, 1.807) is 31.2 Å². The number of alkyl halides is 3. The highest BCUT2D eigenvalue weighted by Crippen LogP contribution is 2.30. The highest BCUT2D eigenvalue weighted by molar-refractivity contribution is 6.39. The van der Waals surface area contributed by atoms with E-state index in [0.717, 1.165) is 23.8 Å². The zero-order valence-corrected chi connectivity index (χ0v) is 14.1. The number of rotatable bonds is 4. The van der Waals surface area contributed by atoms with Gasteiger partial charge in [0.2, 0.25) is 0 Å². The van der Waals surface area contributed by atoms with Gasteiger partial charge in [0.25, 0.3) is 0 Å². The molecule has 1 atom stereocenters. The third-order valence-corrected chi connectivity index (χ3v) is 3.62. The normalized spacial score (nSPS) is 12.2. The van der Waals surface area contributed by atoms with E-state index in [1.807, 2.05) is 0 Å². The number of carbonyl (C=O) groups is 2. The van der Waals surface area contributed by atoms with Gasteiger partial charge < -0.3 is 15.4 Å². The minimum atomic E-state index is -4.54. The largest absolute Gasteiger partial charge is 0.497 e. The molecule has 0 fully saturated rings. The van der Waals surface area contributed by atoms with Crippen molar-refractivity contribution in [3.8, 4) is 5.75 Å². The number of ether oxygens (including phenoxy) is 1. The molecular formula is C18H17F3N2O3. The van der Waals surface area contributed by atoms with Crippen LogP contribution < -0.4 is 15.4 Å². The maximum atomic E-state index is 12.7. The van der Waals surface area contributed by atoms with Crippen LogP contribution in [0.1, 0.15) is 24.1 Å². The van der Waals surface area contributed by atoms with Crippen molar-refractivity contribution < 1.29 is 27.5 Å². The molecular weight excluding hydrogens is 349 g/mol. The van der Waals surface area contributed by atoms with E-state index in [9.17, 15) is 22.8 Å². The molecule has 138 valence electrons. The number of halogens is 3. The number of anilines is 1. The number of amides is 2. The standard InChI is InChI=1S/C18H17F3N2O3/c1-11(12-6-8-15(26-2)9-7-12)22-16(24)17(25)23-14-5-3-4-13(10-14)18(19,20)21/h3-11H,1-2H3,(H,22,24)(H,23,25)/t11-/m0/s1. The van der Waals surface area contributed by atoms with E-state index in [0.29, 0.717) is 5.75 Å². The molecule has 26 heavy (non-hydrogen) atoms. The smallest absolute Gasteiger partial charge is 0.416 e. The van der Waals surface area contributed by atoms with Crippen LogP contribution in [-0.4, -0.2) is 18.9 Å². The minimum absolute atomic E-state index is 0.114. The average molecular weight is 366 g/mol. The molecule has 2 rings (SSSR count). The SMILES string of the molecule is COc1ccc([C@H](C)NC(=O)C(=O)Nc2cccc(C(F)(F)F)c2)cc1. The van der Waals surface area contributed by atoms with Crippen LogP contribution in [0.2, 0.25) is 0 Å². The van der Waals surface area contributed by atoms with Crippen LogP contribution in [0.15, 0.2) is 48.5 Å². The topological polar surface area (TPSA) is 67.4 Å². The molecule has 0 saturated heterocycles. The lowest BCUT2D eigenvalue weighted by atomic mass is 10.1. The second kappa shape index (κ2) is 7.90. The summed E-state index contributed by atoms with van der Waals surface area (Å²) in [6.45, 7) is 1.68. The lowest BCUT2D eigenvalue weighted by Crippen LogP contribution is -2.36. The zero-order valence-electron chi connectivity index (χ0n) is 14.1. The fourth-order valence-corrected chi connectivity index (χ4v) is 2.20. The zero-order chi connectivity index (χ0) is 19.3. The van der Waals surface area contributed by atoms with E-state index in [2.05, 4.69) is 10.6 Å². The van der Waals surface area contributed by atoms with Gasteiger partial charge in [-0.15, -0.1) is 0 Å². The van der Waals surface area contributed by atoms with Gasteiger partial charge in [0.1, 0.15) is 5.75 Å². The Kier molecular flexibility index (Phi) is 5.86. The van der Waals surface area contributed by atoms with Crippen LogP contribution in [0.3, 0.4) is 0 Å². The molecule has 0 radical (unpaired) electrons. The first kappa shape index (κ1) is 19.3. The maximum absolute atomic E-state index is 12.7. The van der Waals surface area contributed by atoms with E-state index < -0.39 is 29.6 Å². The molecule has 8 heteroatoms. The third-order valence-electron chi connectivity index (χ3n) is 3.62. The van der Waals surface area contributed by atoms with E-state index in [4.69, 9.17) is 4.74 Å². The summed E-state index contributed by atoms with van der Waals surface area (Å²) in [6.07, 6.45) is -4.54. The van der Waals surface area contributed by atoms with Gasteiger partial charge in [0, 0.05) is 5.69 Å². The summed E-state index contributed by atoms with van der Waals surface area (Å²) in [5.74, 6) is -1.36. The Morgan fingerprint density at radius 3 is 2.27 bits per heavy atom. The number of nitrogens with one attached hydrogen (secondary N) is 2. The highest BCUT2D eigenvalue weighted by Gasteiger charge is 2.30. The van der Waals surface area contributed by atoms with Gasteiger partial charge in [-0.2, -0.15) is 13.2 Å². The molecule has 0 saturated carbocycles. The van der Waals surface area contributed by atoms with E-state index in [-0.39, 0.29) is 5.69 Å². The molecule has 2 N–H and O–H groups in total. The van der Waals surface area contributed by atoms with Crippen molar-refractivity contribution in [2.45, 2.75) is 19.1 Å². The summed E-state index contributed by atoms with van der Waals surface area (Å²) >= 11 is 0. The second-order valence-corrected chi connectivity index (χ2v) is 5.50. The van der Waals surface area contributed by atoms with Crippen LogP contribution in [-0.2, 0) is 15.8 Å². The van der Waals surface area contributed by atoms with Gasteiger partial charge >= 0.3 is 18.0 Å². The molecule has 2 aromatic carbocycles. The summed E-state index contributed by atoms with van der Waals surface area (Å²) in [6, 6.07) is 10.5. The second-order valence-electron chi connectivity index (χ2n) is 5.50. The van der Waals surface area contributed by atoms with Crippen molar-refractivity contribution in [3.63, 3.8) is 0 Å². The van der Waals surface area contributed by atoms with Gasteiger partial charge in [0.15, 0.2) is 0 Å². The first-order chi connectivity index (χ1) is 12.2. The highest BCUT2D eigenvalue weighted by atomic mass is 19.4. The van der Waals surface area contributed by atoms with Crippen LogP contribution in [0.25, 0.3) is 0 Å². The summed E-state index contributed by atoms with van der Waals surface area (Å²) in [4.78, 5) is 23.9. The molecule has 0 aliphatic heterocycles. The average Bonchev–Trinajstić information content (AvgIpc) is 2.61. The third kappa shape index (κ3) is 4.98. The Hall–Kier alpha value is -3.03. The predicted molar refractivity (Wildman–Crippen MR) is 89.6 cm³/mol. The summed E-state index contributed by atoms with van der Waals surface area (Å²) in [7, 11) is 1.53. The van der Waals surface area contributed by atoms with Crippen LogP contribution in [0.5, 0.6) is 5.75 Å².